The van der Waals surface area contributed by atoms with Gasteiger partial charge in [-0.3, -0.25) is 4.79 Å². The van der Waals surface area contributed by atoms with Gasteiger partial charge in [-0.2, -0.15) is 0 Å². The minimum absolute atomic E-state index is 0.192. The summed E-state index contributed by atoms with van der Waals surface area (Å²) in [5.74, 6) is 1.44. The van der Waals surface area contributed by atoms with Crippen LogP contribution in [0.5, 0.6) is 0 Å². The van der Waals surface area contributed by atoms with Crippen LogP contribution in [0.4, 0.5) is 0 Å². The van der Waals surface area contributed by atoms with Crippen molar-refractivity contribution in [2.45, 2.75) is 63.7 Å². The van der Waals surface area contributed by atoms with Crippen molar-refractivity contribution in [2.75, 3.05) is 12.8 Å². The molecule has 0 saturated heterocycles. The van der Waals surface area contributed by atoms with E-state index < -0.39 is 0 Å². The molecule has 0 spiro atoms. The minimum atomic E-state index is 0.192. The second-order valence-electron chi connectivity index (χ2n) is 6.32. The summed E-state index contributed by atoms with van der Waals surface area (Å²) in [4.78, 5) is 14.3. The molecule has 1 heterocycles. The van der Waals surface area contributed by atoms with Gasteiger partial charge in [-0.25, -0.2) is 0 Å². The molecule has 1 fully saturated rings. The van der Waals surface area contributed by atoms with Gasteiger partial charge in [0, 0.05) is 19.1 Å². The molecule has 0 bridgehead atoms. The molecule has 1 aromatic rings. The molecule has 0 N–H and O–H groups in total. The number of amides is 1. The highest BCUT2D eigenvalue weighted by Gasteiger charge is 2.25. The minimum Gasteiger partial charge on any atom is -0.342 e. The summed E-state index contributed by atoms with van der Waals surface area (Å²) < 4.78 is 2.00. The summed E-state index contributed by atoms with van der Waals surface area (Å²) in [6.07, 6.45) is 6.46. The van der Waals surface area contributed by atoms with Crippen LogP contribution in [0.1, 0.15) is 52.5 Å². The third kappa shape index (κ3) is 4.22. The van der Waals surface area contributed by atoms with Crippen LogP contribution in [0.15, 0.2) is 11.5 Å². The lowest BCUT2D eigenvalue weighted by Gasteiger charge is -2.33. The highest BCUT2D eigenvalue weighted by molar-refractivity contribution is 7.99. The van der Waals surface area contributed by atoms with Gasteiger partial charge in [0.2, 0.25) is 5.91 Å². The van der Waals surface area contributed by atoms with E-state index in [2.05, 4.69) is 31.0 Å². The molecular weight excluding hydrogens is 284 g/mol. The highest BCUT2D eigenvalue weighted by Crippen LogP contribution is 2.27. The summed E-state index contributed by atoms with van der Waals surface area (Å²) in [5, 5.41) is 8.85. The van der Waals surface area contributed by atoms with Gasteiger partial charge in [-0.15, -0.1) is 10.2 Å². The monoisotopic (exact) mass is 310 g/mol. The number of hydrogen-bond donors (Lipinski definition) is 0. The van der Waals surface area contributed by atoms with Crippen molar-refractivity contribution < 1.29 is 4.79 Å². The fourth-order valence-corrected chi connectivity index (χ4v) is 3.72. The van der Waals surface area contributed by atoms with Crippen LogP contribution in [-0.2, 0) is 4.79 Å². The molecule has 0 radical (unpaired) electrons. The Kier molecular flexibility index (Phi) is 5.67. The van der Waals surface area contributed by atoms with Crippen LogP contribution in [-0.4, -0.2) is 44.4 Å². The maximum atomic E-state index is 12.3. The molecule has 118 valence electrons. The Morgan fingerprint density at radius 2 is 2.10 bits per heavy atom. The van der Waals surface area contributed by atoms with E-state index in [-0.39, 0.29) is 5.91 Å². The van der Waals surface area contributed by atoms with Crippen LogP contribution in [0.3, 0.4) is 0 Å². The van der Waals surface area contributed by atoms with Gasteiger partial charge in [-0.05, 0) is 45.4 Å². The fourth-order valence-electron chi connectivity index (χ4n) is 2.75. The number of thioether (sulfide) groups is 1. The molecular formula is C15H26N4OS. The van der Waals surface area contributed by atoms with Crippen molar-refractivity contribution in [2.24, 2.45) is 5.92 Å². The number of hydrogen-bond acceptors (Lipinski definition) is 4. The molecule has 6 heteroatoms. The third-order valence-electron chi connectivity index (χ3n) is 4.35. The second-order valence-corrected chi connectivity index (χ2v) is 7.26. The summed E-state index contributed by atoms with van der Waals surface area (Å²) >= 11 is 1.48. The Morgan fingerprint density at radius 1 is 1.43 bits per heavy atom. The highest BCUT2D eigenvalue weighted by atomic mass is 32.2. The molecule has 0 aromatic carbocycles. The maximum Gasteiger partial charge on any atom is 0.233 e. The van der Waals surface area contributed by atoms with Crippen LogP contribution >= 0.6 is 11.8 Å². The van der Waals surface area contributed by atoms with Gasteiger partial charge >= 0.3 is 0 Å². The zero-order valence-corrected chi connectivity index (χ0v) is 14.3. The third-order valence-corrected chi connectivity index (χ3v) is 5.29. The predicted molar refractivity (Wildman–Crippen MR) is 85.3 cm³/mol. The first kappa shape index (κ1) is 16.3. The van der Waals surface area contributed by atoms with Gasteiger partial charge in [0.1, 0.15) is 6.33 Å². The van der Waals surface area contributed by atoms with E-state index in [4.69, 9.17) is 0 Å². The van der Waals surface area contributed by atoms with Gasteiger partial charge in [0.05, 0.1) is 5.75 Å². The molecule has 0 unspecified atom stereocenters. The van der Waals surface area contributed by atoms with Gasteiger partial charge in [0.15, 0.2) is 5.16 Å². The van der Waals surface area contributed by atoms with Crippen LogP contribution < -0.4 is 0 Å². The first-order valence-corrected chi connectivity index (χ1v) is 8.75. The fraction of sp³-hybridized carbons (Fsp3) is 0.800. The van der Waals surface area contributed by atoms with Crippen molar-refractivity contribution in [3.63, 3.8) is 0 Å². The Labute approximate surface area is 131 Å². The van der Waals surface area contributed by atoms with E-state index in [1.54, 1.807) is 6.33 Å². The topological polar surface area (TPSA) is 51.0 Å². The number of aromatic nitrogens is 3. The number of carbonyl (C=O) groups is 1. The molecule has 1 saturated carbocycles. The van der Waals surface area contributed by atoms with Crippen molar-refractivity contribution in [1.82, 2.24) is 19.7 Å². The molecule has 1 aromatic heterocycles. The molecule has 1 aliphatic carbocycles. The molecule has 0 aliphatic heterocycles. The van der Waals surface area contributed by atoms with Gasteiger partial charge < -0.3 is 9.47 Å². The van der Waals surface area contributed by atoms with E-state index in [1.165, 1.54) is 24.6 Å². The van der Waals surface area contributed by atoms with Crippen molar-refractivity contribution in [1.29, 1.82) is 0 Å². The lowest BCUT2D eigenvalue weighted by atomic mass is 9.87. The van der Waals surface area contributed by atoms with Crippen molar-refractivity contribution in [3.8, 4) is 0 Å². The quantitative estimate of drug-likeness (QED) is 0.785. The zero-order chi connectivity index (χ0) is 15.4. The Morgan fingerprint density at radius 3 is 2.71 bits per heavy atom. The lowest BCUT2D eigenvalue weighted by molar-refractivity contribution is -0.129. The van der Waals surface area contributed by atoms with Gasteiger partial charge in [0.25, 0.3) is 0 Å². The van der Waals surface area contributed by atoms with Crippen LogP contribution in [0.25, 0.3) is 0 Å². The van der Waals surface area contributed by atoms with E-state index in [9.17, 15) is 4.79 Å². The Balaban J connectivity index is 1.85. The molecule has 5 nitrogen and oxygen atoms in total. The van der Waals surface area contributed by atoms with Crippen LogP contribution in [0, 0.1) is 5.92 Å². The smallest absolute Gasteiger partial charge is 0.233 e. The van der Waals surface area contributed by atoms with E-state index in [0.717, 1.165) is 23.9 Å². The summed E-state index contributed by atoms with van der Waals surface area (Å²) in [5.41, 5.74) is 0. The Hall–Kier alpha value is -1.04. The number of carbonyl (C=O) groups excluding carboxylic acids is 1. The van der Waals surface area contributed by atoms with Gasteiger partial charge in [-0.1, -0.05) is 18.7 Å². The lowest BCUT2D eigenvalue weighted by Crippen LogP contribution is -2.40. The SMILES string of the molecule is CC1CCC(N(C)C(=O)CSc2nncn2C(C)C)CC1. The number of nitrogens with zero attached hydrogens (tertiary/aromatic N) is 4. The van der Waals surface area contributed by atoms with E-state index in [0.29, 0.717) is 17.8 Å². The molecule has 0 atom stereocenters. The summed E-state index contributed by atoms with van der Waals surface area (Å²) in [6, 6.07) is 0.729. The van der Waals surface area contributed by atoms with Crippen molar-refractivity contribution >= 4 is 17.7 Å². The molecule has 21 heavy (non-hydrogen) atoms. The second kappa shape index (κ2) is 7.29. The predicted octanol–water partition coefficient (Wildman–Crippen LogP) is 2.99. The summed E-state index contributed by atoms with van der Waals surface area (Å²) in [6.45, 7) is 6.47. The standard InChI is InChI=1S/C15H26N4OS/c1-11(2)19-10-16-17-15(19)21-9-14(20)18(4)13-7-5-12(3)6-8-13/h10-13H,5-9H2,1-4H3. The average molecular weight is 310 g/mol. The molecule has 1 amide bonds. The van der Waals surface area contributed by atoms with Crippen molar-refractivity contribution in [3.05, 3.63) is 6.33 Å². The first-order valence-electron chi connectivity index (χ1n) is 7.77. The number of rotatable bonds is 5. The van der Waals surface area contributed by atoms with Crippen LogP contribution in [0.2, 0.25) is 0 Å². The maximum absolute atomic E-state index is 12.3. The summed E-state index contributed by atoms with van der Waals surface area (Å²) in [7, 11) is 1.94. The first-order chi connectivity index (χ1) is 9.99. The zero-order valence-electron chi connectivity index (χ0n) is 13.5. The van der Waals surface area contributed by atoms with E-state index >= 15 is 0 Å². The van der Waals surface area contributed by atoms with E-state index in [1.807, 2.05) is 16.5 Å². The Bertz CT molecular complexity index is 466. The largest absolute Gasteiger partial charge is 0.342 e. The average Bonchev–Trinajstić information content (AvgIpc) is 2.93. The molecule has 2 rings (SSSR count). The molecule has 1 aliphatic rings. The normalized spacial score (nSPS) is 22.5.